The van der Waals surface area contributed by atoms with E-state index >= 15 is 0 Å². The zero-order valence-corrected chi connectivity index (χ0v) is 18.2. The summed E-state index contributed by atoms with van der Waals surface area (Å²) in [4.78, 5) is 0. The molecule has 0 bridgehead atoms. The van der Waals surface area contributed by atoms with Gasteiger partial charge in [0.25, 0.3) is 0 Å². The number of phenols is 1. The van der Waals surface area contributed by atoms with Crippen molar-refractivity contribution >= 4 is 0 Å². The lowest BCUT2D eigenvalue weighted by atomic mass is 9.81. The number of hydrogen-bond donors (Lipinski definition) is 1. The molecule has 146 valence electrons. The second-order valence-corrected chi connectivity index (χ2v) is 8.92. The van der Waals surface area contributed by atoms with E-state index in [2.05, 4.69) is 66.7 Å². The largest absolute Gasteiger partial charge is 0.508 e. The Morgan fingerprint density at radius 3 is 2.31 bits per heavy atom. The summed E-state index contributed by atoms with van der Waals surface area (Å²) in [7, 11) is 0. The molecule has 0 spiro atoms. The summed E-state index contributed by atoms with van der Waals surface area (Å²) in [6, 6.07) is 4.32. The SMILES string of the molecule is CCCCCc1cc(O)c(C/C=C(\C)CCC=C(C)C)c(C(C)(C)C)c1. The normalized spacial score (nSPS) is 12.3. The van der Waals surface area contributed by atoms with Gasteiger partial charge >= 0.3 is 0 Å². The van der Waals surface area contributed by atoms with Gasteiger partial charge in [-0.2, -0.15) is 0 Å². The summed E-state index contributed by atoms with van der Waals surface area (Å²) in [5.74, 6) is 0.470. The first-order chi connectivity index (χ1) is 12.1. The van der Waals surface area contributed by atoms with E-state index in [-0.39, 0.29) is 5.41 Å². The molecule has 1 aromatic carbocycles. The maximum Gasteiger partial charge on any atom is 0.119 e. The molecule has 0 atom stereocenters. The quantitative estimate of drug-likeness (QED) is 0.356. The Balaban J connectivity index is 3.00. The Morgan fingerprint density at radius 2 is 1.73 bits per heavy atom. The van der Waals surface area contributed by atoms with E-state index in [1.165, 1.54) is 41.5 Å². The fourth-order valence-corrected chi connectivity index (χ4v) is 3.29. The van der Waals surface area contributed by atoms with Gasteiger partial charge in [0.1, 0.15) is 5.75 Å². The number of rotatable bonds is 9. The first kappa shape index (κ1) is 22.5. The van der Waals surface area contributed by atoms with Crippen LogP contribution in [0.4, 0.5) is 0 Å². The first-order valence-corrected chi connectivity index (χ1v) is 10.3. The minimum absolute atomic E-state index is 0.0391. The number of phenolic OH excluding ortho intramolecular Hbond substituents is 1. The highest BCUT2D eigenvalue weighted by Crippen LogP contribution is 2.34. The van der Waals surface area contributed by atoms with Crippen LogP contribution in [-0.2, 0) is 18.3 Å². The number of aromatic hydroxyl groups is 1. The average Bonchev–Trinajstić information content (AvgIpc) is 2.52. The Bertz CT molecular complexity index is 622. The van der Waals surface area contributed by atoms with E-state index < -0.39 is 0 Å². The van der Waals surface area contributed by atoms with Gasteiger partial charge in [-0.15, -0.1) is 0 Å². The van der Waals surface area contributed by atoms with Gasteiger partial charge in [0.15, 0.2) is 0 Å². The van der Waals surface area contributed by atoms with Crippen LogP contribution in [-0.4, -0.2) is 5.11 Å². The summed E-state index contributed by atoms with van der Waals surface area (Å²) in [5.41, 5.74) is 6.47. The van der Waals surface area contributed by atoms with E-state index in [1.54, 1.807) is 0 Å². The van der Waals surface area contributed by atoms with Crippen LogP contribution in [0.15, 0.2) is 35.4 Å². The molecule has 1 nitrogen and oxygen atoms in total. The summed E-state index contributed by atoms with van der Waals surface area (Å²) >= 11 is 0. The lowest BCUT2D eigenvalue weighted by Gasteiger charge is -2.25. The van der Waals surface area contributed by atoms with Crippen LogP contribution in [0, 0.1) is 0 Å². The summed E-state index contributed by atoms with van der Waals surface area (Å²) in [6.07, 6.45) is 12.3. The number of unbranched alkanes of at least 4 members (excludes halogenated alkanes) is 2. The zero-order chi connectivity index (χ0) is 19.7. The molecule has 0 saturated carbocycles. The standard InChI is InChI=1S/C25H40O/c1-8-9-10-14-21-17-23(25(5,6)7)22(24(26)18-21)16-15-20(4)13-11-12-19(2)3/h12,15,17-18,26H,8-11,13-14,16H2,1-7H3/b20-15+. The smallest absolute Gasteiger partial charge is 0.119 e. The maximum atomic E-state index is 10.7. The van der Waals surface area contributed by atoms with E-state index in [9.17, 15) is 5.11 Å². The Hall–Kier alpha value is -1.50. The van der Waals surface area contributed by atoms with E-state index in [1.807, 2.05) is 6.07 Å². The predicted molar refractivity (Wildman–Crippen MR) is 116 cm³/mol. The molecule has 0 aliphatic heterocycles. The van der Waals surface area contributed by atoms with Crippen molar-refractivity contribution in [2.45, 2.75) is 98.8 Å². The van der Waals surface area contributed by atoms with Gasteiger partial charge in [0.05, 0.1) is 0 Å². The summed E-state index contributed by atoms with van der Waals surface area (Å²) in [6.45, 7) is 15.5. The van der Waals surface area contributed by atoms with E-state index in [4.69, 9.17) is 0 Å². The van der Waals surface area contributed by atoms with Gasteiger partial charge in [0, 0.05) is 5.56 Å². The van der Waals surface area contributed by atoms with Crippen LogP contribution >= 0.6 is 0 Å². The summed E-state index contributed by atoms with van der Waals surface area (Å²) in [5, 5.41) is 10.7. The van der Waals surface area contributed by atoms with Gasteiger partial charge in [-0.25, -0.2) is 0 Å². The van der Waals surface area contributed by atoms with Crippen molar-refractivity contribution in [3.8, 4) is 5.75 Å². The molecule has 1 heteroatoms. The average molecular weight is 357 g/mol. The topological polar surface area (TPSA) is 20.2 Å². The predicted octanol–water partition coefficient (Wildman–Crippen LogP) is 7.66. The monoisotopic (exact) mass is 356 g/mol. The molecule has 0 aliphatic rings. The van der Waals surface area contributed by atoms with Crippen LogP contribution in [0.5, 0.6) is 5.75 Å². The Kier molecular flexibility index (Phi) is 9.19. The van der Waals surface area contributed by atoms with Gasteiger partial charge in [-0.05, 0) is 75.5 Å². The molecular formula is C25H40O. The molecule has 26 heavy (non-hydrogen) atoms. The van der Waals surface area contributed by atoms with Crippen LogP contribution in [0.25, 0.3) is 0 Å². The molecule has 0 aromatic heterocycles. The number of aryl methyl sites for hydroxylation is 1. The number of hydrogen-bond acceptors (Lipinski definition) is 1. The van der Waals surface area contributed by atoms with Crippen molar-refractivity contribution in [3.05, 3.63) is 52.1 Å². The van der Waals surface area contributed by atoms with Gasteiger partial charge in [-0.1, -0.05) is 69.9 Å². The van der Waals surface area contributed by atoms with Gasteiger partial charge in [0.2, 0.25) is 0 Å². The van der Waals surface area contributed by atoms with Crippen molar-refractivity contribution in [1.82, 2.24) is 0 Å². The Morgan fingerprint density at radius 1 is 1.04 bits per heavy atom. The molecule has 0 heterocycles. The highest BCUT2D eigenvalue weighted by molar-refractivity contribution is 5.47. The minimum atomic E-state index is 0.0391. The molecule has 1 N–H and O–H groups in total. The van der Waals surface area contributed by atoms with Crippen molar-refractivity contribution in [3.63, 3.8) is 0 Å². The van der Waals surface area contributed by atoms with Gasteiger partial charge in [-0.3, -0.25) is 0 Å². The Labute approximate surface area is 162 Å². The third kappa shape index (κ3) is 7.81. The van der Waals surface area contributed by atoms with Crippen LogP contribution in [0.3, 0.4) is 0 Å². The molecule has 0 unspecified atom stereocenters. The fraction of sp³-hybridized carbons (Fsp3) is 0.600. The van der Waals surface area contributed by atoms with E-state index in [0.29, 0.717) is 5.75 Å². The maximum absolute atomic E-state index is 10.7. The van der Waals surface area contributed by atoms with E-state index in [0.717, 1.165) is 31.2 Å². The lowest BCUT2D eigenvalue weighted by Crippen LogP contribution is -2.15. The second-order valence-electron chi connectivity index (χ2n) is 8.92. The van der Waals surface area contributed by atoms with Gasteiger partial charge < -0.3 is 5.11 Å². The zero-order valence-electron chi connectivity index (χ0n) is 18.2. The highest BCUT2D eigenvalue weighted by atomic mass is 16.3. The van der Waals surface area contributed by atoms with Crippen LogP contribution in [0.2, 0.25) is 0 Å². The van der Waals surface area contributed by atoms with Crippen LogP contribution in [0.1, 0.15) is 97.3 Å². The second kappa shape index (κ2) is 10.6. The molecule has 1 aromatic rings. The molecular weight excluding hydrogens is 316 g/mol. The minimum Gasteiger partial charge on any atom is -0.508 e. The fourth-order valence-electron chi connectivity index (χ4n) is 3.29. The summed E-state index contributed by atoms with van der Waals surface area (Å²) < 4.78 is 0. The third-order valence-corrected chi connectivity index (χ3v) is 4.91. The molecule has 0 amide bonds. The number of allylic oxidation sites excluding steroid dienone is 4. The molecule has 1 rings (SSSR count). The van der Waals surface area contributed by atoms with Crippen molar-refractivity contribution in [2.24, 2.45) is 0 Å². The molecule has 0 aliphatic carbocycles. The molecule has 0 radical (unpaired) electrons. The third-order valence-electron chi connectivity index (χ3n) is 4.91. The molecule has 0 fully saturated rings. The molecule has 0 saturated heterocycles. The first-order valence-electron chi connectivity index (χ1n) is 10.3. The van der Waals surface area contributed by atoms with Crippen molar-refractivity contribution in [1.29, 1.82) is 0 Å². The lowest BCUT2D eigenvalue weighted by molar-refractivity contribution is 0.462. The van der Waals surface area contributed by atoms with Crippen LogP contribution < -0.4 is 0 Å². The van der Waals surface area contributed by atoms with Crippen molar-refractivity contribution < 1.29 is 5.11 Å². The number of benzene rings is 1. The highest BCUT2D eigenvalue weighted by Gasteiger charge is 2.21. The van der Waals surface area contributed by atoms with Crippen molar-refractivity contribution in [2.75, 3.05) is 0 Å².